The molecule has 3 nitrogen and oxygen atoms in total. The molecule has 1 aliphatic heterocycles. The number of hydrogen-bond acceptors (Lipinski definition) is 3. The highest BCUT2D eigenvalue weighted by Crippen LogP contribution is 2.20. The molecule has 3 heteroatoms. The Labute approximate surface area is 110 Å². The number of hydrogen-bond donors (Lipinski definition) is 1. The Hall–Kier alpha value is -1.38. The number of nitrogens with two attached hydrogens (primary N) is 1. The first-order chi connectivity index (χ1) is 8.70. The lowest BCUT2D eigenvalue weighted by molar-refractivity contribution is 0.665. The Morgan fingerprint density at radius 1 is 1.17 bits per heavy atom. The van der Waals surface area contributed by atoms with Crippen molar-refractivity contribution in [1.29, 1.82) is 0 Å². The molecule has 0 amide bonds. The van der Waals surface area contributed by atoms with Gasteiger partial charge in [-0.3, -0.25) is 9.98 Å². The summed E-state index contributed by atoms with van der Waals surface area (Å²) in [4.78, 5) is 9.53. The van der Waals surface area contributed by atoms with E-state index in [-0.39, 0.29) is 12.1 Å². The van der Waals surface area contributed by atoms with E-state index in [4.69, 9.17) is 15.7 Å². The standard InChI is InChI=1S/C15H23N3/c1-3-4-5-6-7-13-11(2)17-14-9-8-12(16)10-15(14)18-13/h8-10,14-15H,3-7,16H2,1-2H3. The maximum atomic E-state index is 5.82. The number of fused-ring (bicyclic) bond motifs is 1. The minimum atomic E-state index is 0.125. The monoisotopic (exact) mass is 245 g/mol. The van der Waals surface area contributed by atoms with Crippen molar-refractivity contribution in [3.63, 3.8) is 0 Å². The van der Waals surface area contributed by atoms with Crippen molar-refractivity contribution < 1.29 is 0 Å². The maximum absolute atomic E-state index is 5.82. The summed E-state index contributed by atoms with van der Waals surface area (Å²) in [6.45, 7) is 4.31. The lowest BCUT2D eigenvalue weighted by Crippen LogP contribution is -2.32. The number of allylic oxidation sites excluding steroid dienone is 1. The summed E-state index contributed by atoms with van der Waals surface area (Å²) in [7, 11) is 0. The summed E-state index contributed by atoms with van der Waals surface area (Å²) >= 11 is 0. The van der Waals surface area contributed by atoms with Gasteiger partial charge in [-0.05, 0) is 31.9 Å². The number of rotatable bonds is 5. The molecule has 2 atom stereocenters. The molecule has 2 unspecified atom stereocenters. The molecule has 98 valence electrons. The predicted molar refractivity (Wildman–Crippen MR) is 78.3 cm³/mol. The highest BCUT2D eigenvalue weighted by atomic mass is 15.0. The average molecular weight is 245 g/mol. The van der Waals surface area contributed by atoms with Crippen LogP contribution in [0.4, 0.5) is 0 Å². The summed E-state index contributed by atoms with van der Waals surface area (Å²) in [6, 6.07) is 0.288. The third kappa shape index (κ3) is 3.09. The molecule has 0 saturated heterocycles. The largest absolute Gasteiger partial charge is 0.399 e. The molecule has 0 aromatic carbocycles. The van der Waals surface area contributed by atoms with Gasteiger partial charge < -0.3 is 5.73 Å². The van der Waals surface area contributed by atoms with Crippen molar-refractivity contribution in [2.45, 2.75) is 58.0 Å². The summed E-state index contributed by atoms with van der Waals surface area (Å²) in [6.07, 6.45) is 12.1. The summed E-state index contributed by atoms with van der Waals surface area (Å²) in [5, 5.41) is 0. The molecule has 1 heterocycles. The van der Waals surface area contributed by atoms with Gasteiger partial charge in [0, 0.05) is 5.70 Å². The van der Waals surface area contributed by atoms with Crippen LogP contribution in [0, 0.1) is 0 Å². The Morgan fingerprint density at radius 3 is 2.78 bits per heavy atom. The first kappa shape index (κ1) is 13.1. The lowest BCUT2D eigenvalue weighted by atomic mass is 9.97. The fourth-order valence-electron chi connectivity index (χ4n) is 2.44. The third-order valence-corrected chi connectivity index (χ3v) is 3.53. The fraction of sp³-hybridized carbons (Fsp3) is 0.600. The van der Waals surface area contributed by atoms with Crippen LogP contribution in [-0.4, -0.2) is 23.5 Å². The topological polar surface area (TPSA) is 50.7 Å². The Balaban J connectivity index is 1.98. The first-order valence-corrected chi connectivity index (χ1v) is 6.97. The lowest BCUT2D eigenvalue weighted by Gasteiger charge is -2.25. The number of unbranched alkanes of at least 4 members (excludes halogenated alkanes) is 3. The van der Waals surface area contributed by atoms with Crippen LogP contribution in [0.3, 0.4) is 0 Å². The fourth-order valence-corrected chi connectivity index (χ4v) is 2.44. The zero-order chi connectivity index (χ0) is 13.0. The van der Waals surface area contributed by atoms with Gasteiger partial charge in [-0.1, -0.05) is 32.3 Å². The minimum absolute atomic E-state index is 0.125. The van der Waals surface area contributed by atoms with Gasteiger partial charge in [0.25, 0.3) is 0 Å². The summed E-state index contributed by atoms with van der Waals surface area (Å²) < 4.78 is 0. The van der Waals surface area contributed by atoms with Crippen molar-refractivity contribution in [1.82, 2.24) is 0 Å². The molecule has 2 N–H and O–H groups in total. The summed E-state index contributed by atoms with van der Waals surface area (Å²) in [5.74, 6) is 0. The molecule has 1 aliphatic carbocycles. The van der Waals surface area contributed by atoms with E-state index < -0.39 is 0 Å². The maximum Gasteiger partial charge on any atom is 0.0965 e. The number of nitrogens with zero attached hydrogens (tertiary/aromatic N) is 2. The first-order valence-electron chi connectivity index (χ1n) is 6.97. The molecule has 0 aromatic heterocycles. The van der Waals surface area contributed by atoms with Crippen molar-refractivity contribution in [3.8, 4) is 0 Å². The van der Waals surface area contributed by atoms with Crippen LogP contribution in [-0.2, 0) is 0 Å². The van der Waals surface area contributed by atoms with E-state index >= 15 is 0 Å². The second-order valence-corrected chi connectivity index (χ2v) is 5.11. The Kier molecular flexibility index (Phi) is 4.34. The van der Waals surface area contributed by atoms with Gasteiger partial charge in [0.2, 0.25) is 0 Å². The van der Waals surface area contributed by atoms with E-state index in [2.05, 4.69) is 19.9 Å². The van der Waals surface area contributed by atoms with Crippen molar-refractivity contribution in [2.75, 3.05) is 0 Å². The predicted octanol–water partition coefficient (Wildman–Crippen LogP) is 3.02. The van der Waals surface area contributed by atoms with E-state index in [0.717, 1.165) is 17.8 Å². The molecular formula is C15H23N3. The summed E-state index contributed by atoms with van der Waals surface area (Å²) in [5.41, 5.74) is 8.90. The van der Waals surface area contributed by atoms with Gasteiger partial charge in [0.05, 0.1) is 23.5 Å². The molecule has 0 aromatic rings. The molecule has 2 rings (SSSR count). The van der Waals surface area contributed by atoms with Crippen LogP contribution in [0.25, 0.3) is 0 Å². The van der Waals surface area contributed by atoms with Crippen molar-refractivity contribution in [2.24, 2.45) is 15.7 Å². The molecule has 0 radical (unpaired) electrons. The van der Waals surface area contributed by atoms with Crippen LogP contribution in [0.15, 0.2) is 33.9 Å². The highest BCUT2D eigenvalue weighted by Gasteiger charge is 2.24. The second kappa shape index (κ2) is 5.98. The van der Waals surface area contributed by atoms with Gasteiger partial charge in [-0.25, -0.2) is 0 Å². The SMILES string of the molecule is CCCCCCC1=NC2C=C(N)C=CC2N=C1C. The molecule has 0 saturated carbocycles. The smallest absolute Gasteiger partial charge is 0.0965 e. The van der Waals surface area contributed by atoms with E-state index in [1.54, 1.807) is 0 Å². The van der Waals surface area contributed by atoms with E-state index in [1.165, 1.54) is 31.4 Å². The van der Waals surface area contributed by atoms with Gasteiger partial charge in [0.1, 0.15) is 0 Å². The zero-order valence-electron chi connectivity index (χ0n) is 11.4. The van der Waals surface area contributed by atoms with Crippen molar-refractivity contribution >= 4 is 11.4 Å². The van der Waals surface area contributed by atoms with Gasteiger partial charge in [-0.15, -0.1) is 0 Å². The van der Waals surface area contributed by atoms with Crippen molar-refractivity contribution in [3.05, 3.63) is 23.9 Å². The van der Waals surface area contributed by atoms with Crippen LogP contribution < -0.4 is 5.73 Å². The number of aliphatic imine (C=N–C) groups is 2. The third-order valence-electron chi connectivity index (χ3n) is 3.53. The Morgan fingerprint density at radius 2 is 2.00 bits per heavy atom. The molecule has 0 spiro atoms. The highest BCUT2D eigenvalue weighted by molar-refractivity contribution is 6.42. The molecule has 0 bridgehead atoms. The minimum Gasteiger partial charge on any atom is -0.399 e. The van der Waals surface area contributed by atoms with Crippen LogP contribution in [0.5, 0.6) is 0 Å². The molecular weight excluding hydrogens is 222 g/mol. The van der Waals surface area contributed by atoms with Gasteiger partial charge in [-0.2, -0.15) is 0 Å². The van der Waals surface area contributed by atoms with Crippen LogP contribution in [0.2, 0.25) is 0 Å². The second-order valence-electron chi connectivity index (χ2n) is 5.11. The normalized spacial score (nSPS) is 26.2. The van der Waals surface area contributed by atoms with Crippen LogP contribution >= 0.6 is 0 Å². The quantitative estimate of drug-likeness (QED) is 0.744. The Bertz CT molecular complexity index is 415. The van der Waals surface area contributed by atoms with Gasteiger partial charge in [0.15, 0.2) is 0 Å². The van der Waals surface area contributed by atoms with E-state index in [0.29, 0.717) is 0 Å². The molecule has 2 aliphatic rings. The van der Waals surface area contributed by atoms with Gasteiger partial charge >= 0.3 is 0 Å². The van der Waals surface area contributed by atoms with E-state index in [9.17, 15) is 0 Å². The average Bonchev–Trinajstić information content (AvgIpc) is 2.35. The molecule has 0 fully saturated rings. The molecule has 18 heavy (non-hydrogen) atoms. The van der Waals surface area contributed by atoms with E-state index in [1.807, 2.05) is 12.2 Å². The zero-order valence-corrected chi connectivity index (χ0v) is 11.4. The van der Waals surface area contributed by atoms with Crippen LogP contribution in [0.1, 0.15) is 46.0 Å².